The van der Waals surface area contributed by atoms with Crippen LogP contribution in [-0.2, 0) is 28.6 Å². The van der Waals surface area contributed by atoms with E-state index in [1.165, 1.54) is 12.1 Å². The van der Waals surface area contributed by atoms with Gasteiger partial charge in [-0.15, -0.1) is 0 Å². The summed E-state index contributed by atoms with van der Waals surface area (Å²) in [5.74, 6) is -0.938. The number of hydrogen-bond acceptors (Lipinski definition) is 7. The van der Waals surface area contributed by atoms with Gasteiger partial charge in [0, 0.05) is 0 Å². The summed E-state index contributed by atoms with van der Waals surface area (Å²) in [6.07, 6.45) is -2.35. The van der Waals surface area contributed by atoms with Crippen LogP contribution in [0.25, 0.3) is 0 Å². The highest BCUT2D eigenvalue weighted by Gasteiger charge is 2.29. The third-order valence-electron chi connectivity index (χ3n) is 2.85. The summed E-state index contributed by atoms with van der Waals surface area (Å²) in [5.41, 5.74) is 0.134. The first-order valence-electron chi connectivity index (χ1n) is 7.49. The van der Waals surface area contributed by atoms with Crippen molar-refractivity contribution in [2.75, 3.05) is 13.7 Å². The van der Waals surface area contributed by atoms with E-state index in [0.717, 1.165) is 12.7 Å². The second kappa shape index (κ2) is 8.30. The fourth-order valence-corrected chi connectivity index (χ4v) is 2.72. The number of methoxy groups -OCH3 is 1. The van der Waals surface area contributed by atoms with Gasteiger partial charge in [0.25, 0.3) is 10.1 Å². The first-order chi connectivity index (χ1) is 11.4. The number of alkyl carbamates (subject to hydrolysis) is 1. The summed E-state index contributed by atoms with van der Waals surface area (Å²) < 4.78 is 39.0. The average Bonchev–Trinajstić information content (AvgIpc) is 2.49. The minimum atomic E-state index is -4.21. The number of carbonyl (C=O) groups excluding carboxylic acids is 2. The largest absolute Gasteiger partial charge is 0.467 e. The second-order valence-electron chi connectivity index (χ2n) is 6.26. The molecule has 140 valence electrons. The van der Waals surface area contributed by atoms with Crippen LogP contribution in [0.3, 0.4) is 0 Å². The summed E-state index contributed by atoms with van der Waals surface area (Å²) in [7, 11) is -3.12. The van der Waals surface area contributed by atoms with Crippen LogP contribution in [0.5, 0.6) is 0 Å². The van der Waals surface area contributed by atoms with Gasteiger partial charge in [0.2, 0.25) is 0 Å². The molecule has 0 aliphatic heterocycles. The maximum atomic E-state index is 12.3. The number of nitrogens with one attached hydrogen (secondary N) is 1. The van der Waals surface area contributed by atoms with Crippen molar-refractivity contribution in [1.82, 2.24) is 5.32 Å². The predicted molar refractivity (Wildman–Crippen MR) is 89.5 cm³/mol. The zero-order valence-electron chi connectivity index (χ0n) is 14.9. The summed E-state index contributed by atoms with van der Waals surface area (Å²) in [6, 6.07) is 5.92. The molecule has 0 radical (unpaired) electrons. The number of esters is 1. The van der Waals surface area contributed by atoms with Gasteiger partial charge in [0.15, 0.2) is 6.10 Å². The molecule has 0 aromatic heterocycles. The molecule has 0 bridgehead atoms. The summed E-state index contributed by atoms with van der Waals surface area (Å²) in [5, 5.41) is 2.29. The summed E-state index contributed by atoms with van der Waals surface area (Å²) >= 11 is 0. The highest BCUT2D eigenvalue weighted by Crippen LogP contribution is 2.16. The van der Waals surface area contributed by atoms with Crippen LogP contribution in [0.1, 0.15) is 26.3 Å². The Labute approximate surface area is 147 Å². The van der Waals surface area contributed by atoms with E-state index >= 15 is 0 Å². The zero-order chi connectivity index (χ0) is 19.3. The fraction of sp³-hybridized carbons (Fsp3) is 0.500. The Bertz CT molecular complexity index is 705. The first kappa shape index (κ1) is 20.9. The third-order valence-corrected chi connectivity index (χ3v) is 4.18. The van der Waals surface area contributed by atoms with Crippen LogP contribution >= 0.6 is 0 Å². The van der Waals surface area contributed by atoms with Crippen molar-refractivity contribution < 1.29 is 31.7 Å². The van der Waals surface area contributed by atoms with E-state index in [0.29, 0.717) is 0 Å². The van der Waals surface area contributed by atoms with E-state index < -0.39 is 40.4 Å². The molecule has 1 amide bonds. The van der Waals surface area contributed by atoms with Crippen molar-refractivity contribution in [3.05, 3.63) is 29.8 Å². The normalized spacial score (nSPS) is 13.0. The minimum absolute atomic E-state index is 0.107. The molecule has 1 unspecified atom stereocenters. The predicted octanol–water partition coefficient (Wildman–Crippen LogP) is 1.77. The Morgan fingerprint density at radius 2 is 1.72 bits per heavy atom. The average molecular weight is 373 g/mol. The minimum Gasteiger partial charge on any atom is -0.467 e. The lowest BCUT2D eigenvalue weighted by Crippen LogP contribution is -2.42. The molecule has 1 rings (SSSR count). The van der Waals surface area contributed by atoms with Gasteiger partial charge in [-0.2, -0.15) is 8.42 Å². The van der Waals surface area contributed by atoms with Crippen LogP contribution in [0.2, 0.25) is 0 Å². The van der Waals surface area contributed by atoms with Crippen LogP contribution in [0.4, 0.5) is 4.79 Å². The van der Waals surface area contributed by atoms with Gasteiger partial charge in [-0.05, 0) is 39.8 Å². The molecular formula is C16H23NO7S. The Balaban J connectivity index is 2.84. The molecule has 0 heterocycles. The monoisotopic (exact) mass is 373 g/mol. The van der Waals surface area contributed by atoms with E-state index in [9.17, 15) is 18.0 Å². The number of amides is 1. The number of hydrogen-bond donors (Lipinski definition) is 1. The lowest BCUT2D eigenvalue weighted by molar-refractivity contribution is -0.148. The molecule has 0 saturated carbocycles. The smallest absolute Gasteiger partial charge is 0.407 e. The van der Waals surface area contributed by atoms with Crippen molar-refractivity contribution in [1.29, 1.82) is 0 Å². The van der Waals surface area contributed by atoms with Gasteiger partial charge < -0.3 is 14.8 Å². The van der Waals surface area contributed by atoms with E-state index in [4.69, 9.17) is 8.92 Å². The number of carbonyl (C=O) groups is 2. The van der Waals surface area contributed by atoms with Crippen LogP contribution in [0.15, 0.2) is 29.2 Å². The standard InChI is InChI=1S/C16H23NO7S/c1-11-6-8-12(9-7-11)25(20,21)24-13(14(18)22-5)10-17-15(19)23-16(2,3)4/h6-9,13H,10H2,1-5H3,(H,17,19). The summed E-state index contributed by atoms with van der Waals surface area (Å²) in [4.78, 5) is 23.3. The van der Waals surface area contributed by atoms with Crippen molar-refractivity contribution in [3.63, 3.8) is 0 Å². The van der Waals surface area contributed by atoms with Gasteiger partial charge >= 0.3 is 12.1 Å². The summed E-state index contributed by atoms with van der Waals surface area (Å²) in [6.45, 7) is 6.39. The highest BCUT2D eigenvalue weighted by atomic mass is 32.2. The molecule has 1 aromatic rings. The van der Waals surface area contributed by atoms with Crippen molar-refractivity contribution >= 4 is 22.2 Å². The molecule has 0 aliphatic rings. The molecule has 0 spiro atoms. The quantitative estimate of drug-likeness (QED) is 0.598. The zero-order valence-corrected chi connectivity index (χ0v) is 15.7. The first-order valence-corrected chi connectivity index (χ1v) is 8.90. The van der Waals surface area contributed by atoms with Crippen molar-refractivity contribution in [2.24, 2.45) is 0 Å². The van der Waals surface area contributed by atoms with Crippen LogP contribution < -0.4 is 5.32 Å². The SMILES string of the molecule is COC(=O)C(CNC(=O)OC(C)(C)C)OS(=O)(=O)c1ccc(C)cc1. The van der Waals surface area contributed by atoms with E-state index in [-0.39, 0.29) is 4.90 Å². The number of aryl methyl sites for hydroxylation is 1. The van der Waals surface area contributed by atoms with Crippen molar-refractivity contribution in [3.8, 4) is 0 Å². The fourth-order valence-electron chi connectivity index (χ4n) is 1.69. The Morgan fingerprint density at radius 1 is 1.16 bits per heavy atom. The Hall–Kier alpha value is -2.13. The second-order valence-corrected chi connectivity index (χ2v) is 7.83. The van der Waals surface area contributed by atoms with E-state index in [1.54, 1.807) is 39.8 Å². The topological polar surface area (TPSA) is 108 Å². The number of ether oxygens (including phenoxy) is 2. The molecule has 1 aromatic carbocycles. The van der Waals surface area contributed by atoms with Crippen molar-refractivity contribution in [2.45, 2.75) is 44.3 Å². The highest BCUT2D eigenvalue weighted by molar-refractivity contribution is 7.86. The number of benzene rings is 1. The molecule has 8 nitrogen and oxygen atoms in total. The maximum absolute atomic E-state index is 12.3. The molecular weight excluding hydrogens is 350 g/mol. The van der Waals surface area contributed by atoms with Gasteiger partial charge in [-0.1, -0.05) is 17.7 Å². The molecule has 0 fully saturated rings. The third kappa shape index (κ3) is 7.10. The van der Waals surface area contributed by atoms with E-state index in [1.807, 2.05) is 0 Å². The van der Waals surface area contributed by atoms with Gasteiger partial charge in [-0.25, -0.2) is 13.8 Å². The Kier molecular flexibility index (Phi) is 6.95. The van der Waals surface area contributed by atoms with Gasteiger partial charge in [-0.3, -0.25) is 0 Å². The lowest BCUT2D eigenvalue weighted by Gasteiger charge is -2.21. The van der Waals surface area contributed by atoms with Gasteiger partial charge in [0.1, 0.15) is 5.60 Å². The Morgan fingerprint density at radius 3 is 2.20 bits per heavy atom. The van der Waals surface area contributed by atoms with Crippen LogP contribution in [0, 0.1) is 6.92 Å². The van der Waals surface area contributed by atoms with Gasteiger partial charge in [0.05, 0.1) is 18.6 Å². The van der Waals surface area contributed by atoms with E-state index in [2.05, 4.69) is 10.1 Å². The molecule has 25 heavy (non-hydrogen) atoms. The number of rotatable bonds is 6. The maximum Gasteiger partial charge on any atom is 0.407 e. The molecule has 1 atom stereocenters. The molecule has 1 N–H and O–H groups in total. The lowest BCUT2D eigenvalue weighted by atomic mass is 10.2. The molecule has 9 heteroatoms. The van der Waals surface area contributed by atoms with Crippen LogP contribution in [-0.4, -0.2) is 45.8 Å². The molecule has 0 saturated heterocycles. The molecule has 0 aliphatic carbocycles.